The molecule has 3 aromatic rings. The quantitative estimate of drug-likeness (QED) is 0.706. The fourth-order valence-electron chi connectivity index (χ4n) is 3.48. The molecule has 1 aromatic carbocycles. The average Bonchev–Trinajstić information content (AvgIpc) is 2.82. The van der Waals surface area contributed by atoms with Crippen LogP contribution in [0.2, 0.25) is 0 Å². The Morgan fingerprint density at radius 3 is 2.76 bits per heavy atom. The molecule has 25 heavy (non-hydrogen) atoms. The van der Waals surface area contributed by atoms with Crippen molar-refractivity contribution in [2.24, 2.45) is 0 Å². The second-order valence-electron chi connectivity index (χ2n) is 6.31. The number of aliphatic hydroxyl groups is 1. The number of aryl methyl sites for hydroxylation is 2. The van der Waals surface area contributed by atoms with E-state index in [9.17, 15) is 4.79 Å². The van der Waals surface area contributed by atoms with Gasteiger partial charge in [0.05, 0.1) is 17.7 Å². The summed E-state index contributed by atoms with van der Waals surface area (Å²) < 4.78 is 1.63. The summed E-state index contributed by atoms with van der Waals surface area (Å²) >= 11 is 1.65. The summed E-state index contributed by atoms with van der Waals surface area (Å²) in [5.74, 6) is 0.495. The molecule has 0 aliphatic heterocycles. The van der Waals surface area contributed by atoms with Crippen molar-refractivity contribution in [3.05, 3.63) is 51.1 Å². The summed E-state index contributed by atoms with van der Waals surface area (Å²) in [5.41, 5.74) is 1.97. The van der Waals surface area contributed by atoms with Gasteiger partial charge in [-0.3, -0.25) is 4.79 Å². The van der Waals surface area contributed by atoms with Crippen LogP contribution in [0, 0.1) is 0 Å². The van der Waals surface area contributed by atoms with Crippen molar-refractivity contribution in [2.45, 2.75) is 32.1 Å². The number of fused-ring (bicyclic) bond motifs is 3. The Bertz CT molecular complexity index is 947. The highest BCUT2D eigenvalue weighted by Gasteiger charge is 2.21. The smallest absolute Gasteiger partial charge is 0.268 e. The molecular weight excluding hydrogens is 334 g/mol. The highest BCUT2D eigenvalue weighted by molar-refractivity contribution is 7.18. The van der Waals surface area contributed by atoms with Crippen LogP contribution in [0.5, 0.6) is 0 Å². The summed E-state index contributed by atoms with van der Waals surface area (Å²) in [5, 5.41) is 13.0. The third kappa shape index (κ3) is 2.96. The molecule has 2 aromatic heterocycles. The van der Waals surface area contributed by atoms with Gasteiger partial charge < -0.3 is 10.4 Å². The Kier molecular flexibility index (Phi) is 4.55. The highest BCUT2D eigenvalue weighted by atomic mass is 32.1. The maximum Gasteiger partial charge on any atom is 0.268 e. The standard InChI is InChI=1S/C19H21N3O2S/c23-12-11-20-19-21-17-16(14-9-5-2-6-10-15(14)25-17)18(24)22(19)13-7-3-1-4-8-13/h1,3-4,7-8,23H,2,5-6,9-12H2,(H,20,21). The average molecular weight is 355 g/mol. The summed E-state index contributed by atoms with van der Waals surface area (Å²) in [6, 6.07) is 9.57. The molecule has 0 fully saturated rings. The van der Waals surface area contributed by atoms with Gasteiger partial charge in [0.25, 0.3) is 5.56 Å². The minimum absolute atomic E-state index is 0.0103. The minimum atomic E-state index is -0.0176. The Hall–Kier alpha value is -2.18. The van der Waals surface area contributed by atoms with E-state index in [4.69, 9.17) is 10.1 Å². The molecule has 0 atom stereocenters. The lowest BCUT2D eigenvalue weighted by Crippen LogP contribution is -2.24. The van der Waals surface area contributed by atoms with Crippen molar-refractivity contribution in [3.63, 3.8) is 0 Å². The second kappa shape index (κ2) is 6.98. The molecule has 1 aliphatic carbocycles. The zero-order chi connectivity index (χ0) is 17.2. The first kappa shape index (κ1) is 16.3. The molecule has 0 unspecified atom stereocenters. The zero-order valence-electron chi connectivity index (χ0n) is 14.0. The lowest BCUT2D eigenvalue weighted by molar-refractivity contribution is 0.310. The molecule has 1 aliphatic rings. The summed E-state index contributed by atoms with van der Waals surface area (Å²) in [6.07, 6.45) is 5.54. The van der Waals surface area contributed by atoms with Crippen LogP contribution in [-0.4, -0.2) is 27.8 Å². The number of aliphatic hydroxyl groups excluding tert-OH is 1. The van der Waals surface area contributed by atoms with Crippen LogP contribution in [0.25, 0.3) is 15.9 Å². The van der Waals surface area contributed by atoms with Gasteiger partial charge in [-0.15, -0.1) is 11.3 Å². The number of anilines is 1. The number of hydrogen-bond donors (Lipinski definition) is 2. The Morgan fingerprint density at radius 1 is 1.16 bits per heavy atom. The molecule has 4 rings (SSSR count). The first-order valence-electron chi connectivity index (χ1n) is 8.77. The predicted octanol–water partition coefficient (Wildman–Crippen LogP) is 3.12. The van der Waals surface area contributed by atoms with Crippen molar-refractivity contribution in [2.75, 3.05) is 18.5 Å². The molecule has 6 heteroatoms. The largest absolute Gasteiger partial charge is 0.395 e. The van der Waals surface area contributed by atoms with Crippen molar-refractivity contribution >= 4 is 27.5 Å². The molecule has 130 valence electrons. The van der Waals surface area contributed by atoms with Crippen LogP contribution >= 0.6 is 11.3 Å². The summed E-state index contributed by atoms with van der Waals surface area (Å²) in [6.45, 7) is 0.347. The fourth-order valence-corrected chi connectivity index (χ4v) is 4.74. The third-order valence-electron chi connectivity index (χ3n) is 4.65. The van der Waals surface area contributed by atoms with Crippen LogP contribution in [0.3, 0.4) is 0 Å². The van der Waals surface area contributed by atoms with E-state index in [-0.39, 0.29) is 12.2 Å². The molecule has 0 amide bonds. The maximum atomic E-state index is 13.4. The Labute approximate surface area is 150 Å². The number of nitrogens with one attached hydrogen (secondary N) is 1. The van der Waals surface area contributed by atoms with Gasteiger partial charge >= 0.3 is 0 Å². The second-order valence-corrected chi connectivity index (χ2v) is 7.39. The van der Waals surface area contributed by atoms with Crippen molar-refractivity contribution < 1.29 is 5.11 Å². The number of hydrogen-bond acceptors (Lipinski definition) is 5. The molecule has 0 spiro atoms. The zero-order valence-corrected chi connectivity index (χ0v) is 14.8. The monoisotopic (exact) mass is 355 g/mol. The van der Waals surface area contributed by atoms with E-state index in [1.807, 2.05) is 30.3 Å². The van der Waals surface area contributed by atoms with Crippen LogP contribution in [0.15, 0.2) is 35.1 Å². The van der Waals surface area contributed by atoms with Crippen LogP contribution in [0.4, 0.5) is 5.95 Å². The molecule has 0 radical (unpaired) electrons. The number of nitrogens with zero attached hydrogens (tertiary/aromatic N) is 2. The van der Waals surface area contributed by atoms with Crippen molar-refractivity contribution in [1.82, 2.24) is 9.55 Å². The van der Waals surface area contributed by atoms with Gasteiger partial charge in [-0.2, -0.15) is 0 Å². The van der Waals surface area contributed by atoms with Gasteiger partial charge in [-0.1, -0.05) is 24.6 Å². The van der Waals surface area contributed by atoms with Gasteiger partial charge in [0.1, 0.15) is 4.83 Å². The molecule has 5 nitrogen and oxygen atoms in total. The minimum Gasteiger partial charge on any atom is -0.395 e. The van der Waals surface area contributed by atoms with Crippen molar-refractivity contribution in [1.29, 1.82) is 0 Å². The molecule has 2 N–H and O–H groups in total. The van der Waals surface area contributed by atoms with Crippen molar-refractivity contribution in [3.8, 4) is 5.69 Å². The fraction of sp³-hybridized carbons (Fsp3) is 0.368. The summed E-state index contributed by atoms with van der Waals surface area (Å²) in [7, 11) is 0. The molecule has 0 saturated heterocycles. The van der Waals surface area contributed by atoms with Crippen LogP contribution < -0.4 is 10.9 Å². The Morgan fingerprint density at radius 2 is 1.96 bits per heavy atom. The van der Waals surface area contributed by atoms with Crippen LogP contribution in [0.1, 0.15) is 29.7 Å². The van der Waals surface area contributed by atoms with Gasteiger partial charge in [-0.05, 0) is 43.4 Å². The van der Waals surface area contributed by atoms with E-state index in [1.54, 1.807) is 15.9 Å². The third-order valence-corrected chi connectivity index (χ3v) is 5.83. The van der Waals surface area contributed by atoms with E-state index in [2.05, 4.69) is 5.32 Å². The topological polar surface area (TPSA) is 67.2 Å². The lowest BCUT2D eigenvalue weighted by atomic mass is 10.1. The first-order chi connectivity index (χ1) is 12.3. The normalized spacial score (nSPS) is 14.3. The predicted molar refractivity (Wildman–Crippen MR) is 102 cm³/mol. The van der Waals surface area contributed by atoms with Gasteiger partial charge in [0.15, 0.2) is 0 Å². The lowest BCUT2D eigenvalue weighted by Gasteiger charge is -2.13. The number of aromatic nitrogens is 2. The van der Waals surface area contributed by atoms with E-state index >= 15 is 0 Å². The highest BCUT2D eigenvalue weighted by Crippen LogP contribution is 2.34. The molecule has 2 heterocycles. The number of thiophene rings is 1. The van der Waals surface area contributed by atoms with E-state index in [0.717, 1.165) is 35.2 Å². The summed E-state index contributed by atoms with van der Waals surface area (Å²) in [4.78, 5) is 20.3. The Balaban J connectivity index is 1.98. The molecule has 0 saturated carbocycles. The number of benzene rings is 1. The molecule has 0 bridgehead atoms. The van der Waals surface area contributed by atoms with Gasteiger partial charge in [0.2, 0.25) is 5.95 Å². The molecular formula is C19H21N3O2S. The van der Waals surface area contributed by atoms with E-state index < -0.39 is 0 Å². The van der Waals surface area contributed by atoms with E-state index in [1.165, 1.54) is 23.3 Å². The maximum absolute atomic E-state index is 13.4. The number of para-hydroxylation sites is 1. The first-order valence-corrected chi connectivity index (χ1v) is 9.58. The van der Waals surface area contributed by atoms with Gasteiger partial charge in [-0.25, -0.2) is 9.55 Å². The number of rotatable bonds is 4. The SMILES string of the molecule is O=c1c2c3c(sc2nc(NCCO)n1-c1ccccc1)CCCCC3. The van der Waals surface area contributed by atoms with E-state index in [0.29, 0.717) is 12.5 Å². The van der Waals surface area contributed by atoms with Crippen LogP contribution in [-0.2, 0) is 12.8 Å². The van der Waals surface area contributed by atoms with Gasteiger partial charge in [0, 0.05) is 11.4 Å².